The Bertz CT molecular complexity index is 834. The second-order valence-corrected chi connectivity index (χ2v) is 4.85. The molecule has 0 aliphatic rings. The average Bonchev–Trinajstić information content (AvgIpc) is 2.53. The number of carbonyl (C=O) groups is 1. The van der Waals surface area contributed by atoms with Gasteiger partial charge in [-0.3, -0.25) is 9.78 Å². The molecule has 0 saturated heterocycles. The number of nitrogens with zero attached hydrogens (tertiary/aromatic N) is 4. The van der Waals surface area contributed by atoms with E-state index in [4.69, 9.17) is 5.73 Å². The van der Waals surface area contributed by atoms with Crippen LogP contribution in [-0.2, 0) is 6.54 Å². The molecule has 7 heteroatoms. The fourth-order valence-electron chi connectivity index (χ4n) is 2.14. The maximum absolute atomic E-state index is 11.9. The number of nitrogen functional groups attached to an aromatic ring is 1. The van der Waals surface area contributed by atoms with Crippen molar-refractivity contribution in [2.45, 2.75) is 13.5 Å². The van der Waals surface area contributed by atoms with Gasteiger partial charge >= 0.3 is 0 Å². The normalized spacial score (nSPS) is 10.6. The van der Waals surface area contributed by atoms with Crippen molar-refractivity contribution < 1.29 is 4.79 Å². The predicted molar refractivity (Wildman–Crippen MR) is 81.9 cm³/mol. The van der Waals surface area contributed by atoms with Gasteiger partial charge in [-0.1, -0.05) is 0 Å². The van der Waals surface area contributed by atoms with Crippen LogP contribution in [0.4, 0.5) is 5.82 Å². The third-order valence-electron chi connectivity index (χ3n) is 3.18. The van der Waals surface area contributed by atoms with Crippen LogP contribution >= 0.6 is 0 Å². The molecule has 0 radical (unpaired) electrons. The fraction of sp³-hybridized carbons (Fsp3) is 0.133. The monoisotopic (exact) mass is 294 g/mol. The number of hydrogen-bond acceptors (Lipinski definition) is 6. The first-order valence-corrected chi connectivity index (χ1v) is 6.69. The summed E-state index contributed by atoms with van der Waals surface area (Å²) in [6.07, 6.45) is 4.57. The highest BCUT2D eigenvalue weighted by Crippen LogP contribution is 2.17. The van der Waals surface area contributed by atoms with E-state index in [2.05, 4.69) is 25.3 Å². The number of amides is 1. The topological polar surface area (TPSA) is 107 Å². The summed E-state index contributed by atoms with van der Waals surface area (Å²) in [5.74, 6) is 0.188. The predicted octanol–water partition coefficient (Wildman–Crippen LogP) is 1.24. The van der Waals surface area contributed by atoms with Crippen molar-refractivity contribution in [2.24, 2.45) is 0 Å². The van der Waals surface area contributed by atoms with Crippen molar-refractivity contribution in [3.8, 4) is 0 Å². The lowest BCUT2D eigenvalue weighted by molar-refractivity contribution is 0.0945. The van der Waals surface area contributed by atoms with Gasteiger partial charge in [0.1, 0.15) is 17.8 Å². The third-order valence-corrected chi connectivity index (χ3v) is 3.18. The zero-order valence-corrected chi connectivity index (χ0v) is 11.9. The second-order valence-electron chi connectivity index (χ2n) is 4.85. The molecular weight excluding hydrogens is 280 g/mol. The Balaban J connectivity index is 1.78. The fourth-order valence-corrected chi connectivity index (χ4v) is 2.14. The van der Waals surface area contributed by atoms with E-state index in [1.54, 1.807) is 18.3 Å². The van der Waals surface area contributed by atoms with Crippen molar-refractivity contribution in [2.75, 3.05) is 5.73 Å². The summed E-state index contributed by atoms with van der Waals surface area (Å²) in [5.41, 5.74) is 9.40. The van der Waals surface area contributed by atoms with Crippen LogP contribution in [0.5, 0.6) is 0 Å². The lowest BCUT2D eigenvalue weighted by Gasteiger charge is -2.07. The number of carbonyl (C=O) groups excluding carboxylic acids is 1. The molecule has 3 N–H and O–H groups in total. The molecule has 3 aromatic heterocycles. The van der Waals surface area contributed by atoms with E-state index in [0.29, 0.717) is 23.6 Å². The van der Waals surface area contributed by atoms with E-state index in [1.807, 2.05) is 13.0 Å². The van der Waals surface area contributed by atoms with Crippen LogP contribution in [0.2, 0.25) is 0 Å². The zero-order valence-electron chi connectivity index (χ0n) is 11.9. The summed E-state index contributed by atoms with van der Waals surface area (Å²) in [6, 6.07) is 5.21. The largest absolute Gasteiger partial charge is 0.384 e. The molecule has 0 saturated carbocycles. The van der Waals surface area contributed by atoms with Gasteiger partial charge in [0, 0.05) is 18.9 Å². The van der Waals surface area contributed by atoms with Crippen LogP contribution in [0, 0.1) is 6.92 Å². The minimum Gasteiger partial charge on any atom is -0.384 e. The van der Waals surface area contributed by atoms with E-state index in [9.17, 15) is 4.79 Å². The first-order valence-electron chi connectivity index (χ1n) is 6.69. The summed E-state index contributed by atoms with van der Waals surface area (Å²) in [6.45, 7) is 2.27. The lowest BCUT2D eigenvalue weighted by Crippen LogP contribution is -2.23. The molecule has 0 atom stereocenters. The molecule has 0 fully saturated rings. The van der Waals surface area contributed by atoms with Gasteiger partial charge in [-0.25, -0.2) is 15.0 Å². The minimum atomic E-state index is -0.265. The molecule has 0 aromatic carbocycles. The molecule has 3 rings (SSSR count). The third kappa shape index (κ3) is 2.83. The first-order chi connectivity index (χ1) is 10.6. The van der Waals surface area contributed by atoms with Gasteiger partial charge in [-0.15, -0.1) is 0 Å². The highest BCUT2D eigenvalue weighted by Gasteiger charge is 2.08. The van der Waals surface area contributed by atoms with Gasteiger partial charge in [-0.05, 0) is 36.2 Å². The quantitative estimate of drug-likeness (QED) is 0.752. The van der Waals surface area contributed by atoms with Gasteiger partial charge < -0.3 is 11.1 Å². The Kier molecular flexibility index (Phi) is 3.61. The molecule has 110 valence electrons. The van der Waals surface area contributed by atoms with Gasteiger partial charge in [0.2, 0.25) is 0 Å². The maximum Gasteiger partial charge on any atom is 0.270 e. The van der Waals surface area contributed by atoms with Crippen molar-refractivity contribution in [3.63, 3.8) is 0 Å². The summed E-state index contributed by atoms with van der Waals surface area (Å²) >= 11 is 0. The number of fused-ring (bicyclic) bond motifs is 1. The first kappa shape index (κ1) is 13.9. The molecule has 1 amide bonds. The van der Waals surface area contributed by atoms with E-state index >= 15 is 0 Å². The molecule has 0 bridgehead atoms. The Morgan fingerprint density at radius 1 is 1.32 bits per heavy atom. The number of aromatic nitrogens is 4. The van der Waals surface area contributed by atoms with E-state index in [-0.39, 0.29) is 5.91 Å². The minimum absolute atomic E-state index is 0.265. The van der Waals surface area contributed by atoms with Crippen LogP contribution in [0.3, 0.4) is 0 Å². The van der Waals surface area contributed by atoms with Crippen LogP contribution in [0.25, 0.3) is 11.0 Å². The Morgan fingerprint density at radius 2 is 2.18 bits per heavy atom. The number of anilines is 1. The maximum atomic E-state index is 11.9. The van der Waals surface area contributed by atoms with E-state index < -0.39 is 0 Å². The van der Waals surface area contributed by atoms with Crippen molar-refractivity contribution in [1.29, 1.82) is 0 Å². The smallest absolute Gasteiger partial charge is 0.270 e. The highest BCUT2D eigenvalue weighted by molar-refractivity contribution is 5.92. The Morgan fingerprint density at radius 3 is 2.95 bits per heavy atom. The number of hydrogen-bond donors (Lipinski definition) is 2. The van der Waals surface area contributed by atoms with Crippen LogP contribution in [0.15, 0.2) is 36.9 Å². The van der Waals surface area contributed by atoms with Gasteiger partial charge in [0.25, 0.3) is 5.91 Å². The van der Waals surface area contributed by atoms with E-state index in [1.165, 1.54) is 12.5 Å². The summed E-state index contributed by atoms with van der Waals surface area (Å²) in [4.78, 5) is 28.2. The number of pyridine rings is 2. The zero-order chi connectivity index (χ0) is 15.5. The molecule has 3 aromatic rings. The standard InChI is InChI=1S/C15H14N6O/c1-9-4-13(16)21-12-5-10(6-18-14(9)12)7-19-15(22)11-2-3-17-8-20-11/h2-6,8H,7H2,1H3,(H2,16,21)(H,19,22). The molecule has 0 aliphatic carbocycles. The number of nitrogens with one attached hydrogen (secondary N) is 1. The summed E-state index contributed by atoms with van der Waals surface area (Å²) in [5, 5.41) is 2.78. The summed E-state index contributed by atoms with van der Waals surface area (Å²) < 4.78 is 0. The van der Waals surface area contributed by atoms with Crippen molar-refractivity contribution >= 4 is 22.8 Å². The number of nitrogens with two attached hydrogens (primary N) is 1. The highest BCUT2D eigenvalue weighted by atomic mass is 16.1. The lowest BCUT2D eigenvalue weighted by atomic mass is 10.1. The molecule has 0 unspecified atom stereocenters. The average molecular weight is 294 g/mol. The second kappa shape index (κ2) is 5.72. The molecule has 22 heavy (non-hydrogen) atoms. The molecule has 7 nitrogen and oxygen atoms in total. The van der Waals surface area contributed by atoms with Crippen LogP contribution in [0.1, 0.15) is 21.6 Å². The van der Waals surface area contributed by atoms with Crippen molar-refractivity contribution in [3.05, 3.63) is 53.7 Å². The molecular formula is C15H14N6O. The van der Waals surface area contributed by atoms with Gasteiger partial charge in [0.15, 0.2) is 0 Å². The van der Waals surface area contributed by atoms with E-state index in [0.717, 1.165) is 16.6 Å². The van der Waals surface area contributed by atoms with Gasteiger partial charge in [-0.2, -0.15) is 0 Å². The molecule has 3 heterocycles. The van der Waals surface area contributed by atoms with Crippen LogP contribution in [-0.4, -0.2) is 25.8 Å². The molecule has 0 spiro atoms. The van der Waals surface area contributed by atoms with Crippen molar-refractivity contribution in [1.82, 2.24) is 25.3 Å². The number of aryl methyl sites for hydroxylation is 1. The number of rotatable bonds is 3. The summed E-state index contributed by atoms with van der Waals surface area (Å²) in [7, 11) is 0. The Labute approximate surface area is 126 Å². The van der Waals surface area contributed by atoms with Crippen LogP contribution < -0.4 is 11.1 Å². The van der Waals surface area contributed by atoms with Gasteiger partial charge in [0.05, 0.1) is 11.0 Å². The SMILES string of the molecule is Cc1cc(N)nc2cc(CNC(=O)c3ccncn3)cnc12. The Hall–Kier alpha value is -3.09. The molecule has 0 aliphatic heterocycles.